The summed E-state index contributed by atoms with van der Waals surface area (Å²) in [5.74, 6) is 0.270. The number of nitrogens with one attached hydrogen (secondary N) is 1. The summed E-state index contributed by atoms with van der Waals surface area (Å²) in [5, 5.41) is 3.16. The normalized spacial score (nSPS) is 10.5. The fourth-order valence-corrected chi connectivity index (χ4v) is 2.24. The molecule has 0 unspecified atom stereocenters. The van der Waals surface area contributed by atoms with Crippen molar-refractivity contribution in [3.63, 3.8) is 0 Å². The van der Waals surface area contributed by atoms with E-state index >= 15 is 0 Å². The highest BCUT2D eigenvalue weighted by atomic mass is 79.9. The first-order chi connectivity index (χ1) is 10.1. The van der Waals surface area contributed by atoms with Gasteiger partial charge in [0.2, 0.25) is 0 Å². The summed E-state index contributed by atoms with van der Waals surface area (Å²) < 4.78 is 35.2. The lowest BCUT2D eigenvalue weighted by Crippen LogP contribution is -2.05. The minimum absolute atomic E-state index is 0.00428. The first-order valence-corrected chi connectivity index (χ1v) is 6.99. The molecule has 2 aromatic carbocycles. The Morgan fingerprint density at radius 1 is 1.14 bits per heavy atom. The van der Waals surface area contributed by atoms with E-state index in [4.69, 9.17) is 4.74 Å². The van der Waals surface area contributed by atoms with Gasteiger partial charge in [0.25, 0.3) is 0 Å². The molecule has 112 valence electrons. The van der Waals surface area contributed by atoms with E-state index in [1.165, 1.54) is 13.2 Å². The zero-order valence-corrected chi connectivity index (χ0v) is 12.9. The summed E-state index contributed by atoms with van der Waals surface area (Å²) in [7, 11) is 1.40. The van der Waals surface area contributed by atoms with Crippen molar-refractivity contribution >= 4 is 21.6 Å². The maximum absolute atomic E-state index is 12.4. The SMILES string of the molecule is COc1ccc(NCc2ccccc2Br)cc1OC(F)F. The van der Waals surface area contributed by atoms with Gasteiger partial charge in [-0.25, -0.2) is 0 Å². The molecule has 0 saturated carbocycles. The minimum atomic E-state index is -2.89. The Kier molecular flexibility index (Phi) is 5.38. The van der Waals surface area contributed by atoms with Gasteiger partial charge in [-0.2, -0.15) is 8.78 Å². The van der Waals surface area contributed by atoms with Gasteiger partial charge in [0.05, 0.1) is 7.11 Å². The van der Waals surface area contributed by atoms with Gasteiger partial charge >= 0.3 is 6.61 Å². The molecule has 0 aliphatic rings. The molecule has 0 aromatic heterocycles. The molecule has 0 amide bonds. The minimum Gasteiger partial charge on any atom is -0.493 e. The standard InChI is InChI=1S/C15H14BrF2NO2/c1-20-13-7-6-11(8-14(13)21-15(17)18)19-9-10-4-2-3-5-12(10)16/h2-8,15,19H,9H2,1H3. The second-order valence-electron chi connectivity index (χ2n) is 4.19. The Balaban J connectivity index is 2.12. The molecular weight excluding hydrogens is 344 g/mol. The number of ether oxygens (including phenoxy) is 2. The third kappa shape index (κ3) is 4.32. The fourth-order valence-electron chi connectivity index (χ4n) is 1.81. The van der Waals surface area contributed by atoms with E-state index in [1.54, 1.807) is 12.1 Å². The van der Waals surface area contributed by atoms with Crippen LogP contribution in [-0.4, -0.2) is 13.7 Å². The van der Waals surface area contributed by atoms with Crippen LogP contribution in [0.2, 0.25) is 0 Å². The molecule has 1 N–H and O–H groups in total. The third-order valence-electron chi connectivity index (χ3n) is 2.82. The van der Waals surface area contributed by atoms with Crippen LogP contribution in [0.5, 0.6) is 11.5 Å². The quantitative estimate of drug-likeness (QED) is 0.814. The number of hydrogen-bond donors (Lipinski definition) is 1. The highest BCUT2D eigenvalue weighted by Crippen LogP contribution is 2.31. The molecule has 2 rings (SSSR count). The van der Waals surface area contributed by atoms with Crippen molar-refractivity contribution < 1.29 is 18.3 Å². The molecule has 0 radical (unpaired) electrons. The summed E-state index contributed by atoms with van der Waals surface area (Å²) in [6, 6.07) is 12.6. The van der Waals surface area contributed by atoms with Gasteiger partial charge in [-0.1, -0.05) is 34.1 Å². The van der Waals surface area contributed by atoms with Crippen LogP contribution in [0.4, 0.5) is 14.5 Å². The van der Waals surface area contributed by atoms with Crippen LogP contribution in [0.3, 0.4) is 0 Å². The van der Waals surface area contributed by atoms with Crippen molar-refractivity contribution in [3.05, 3.63) is 52.5 Å². The average Bonchev–Trinajstić information content (AvgIpc) is 2.46. The fraction of sp³-hybridized carbons (Fsp3) is 0.200. The summed E-state index contributed by atoms with van der Waals surface area (Å²) in [6.45, 7) is -2.33. The number of halogens is 3. The summed E-state index contributed by atoms with van der Waals surface area (Å²) in [6.07, 6.45) is 0. The van der Waals surface area contributed by atoms with E-state index in [0.29, 0.717) is 12.2 Å². The molecule has 0 aliphatic heterocycles. The topological polar surface area (TPSA) is 30.5 Å². The Hall–Kier alpha value is -1.82. The highest BCUT2D eigenvalue weighted by molar-refractivity contribution is 9.10. The van der Waals surface area contributed by atoms with Crippen LogP contribution in [0.1, 0.15) is 5.56 Å². The van der Waals surface area contributed by atoms with Crippen LogP contribution >= 0.6 is 15.9 Å². The Morgan fingerprint density at radius 3 is 2.57 bits per heavy atom. The Bertz CT molecular complexity index is 608. The molecule has 0 heterocycles. The van der Waals surface area contributed by atoms with Gasteiger partial charge in [-0.3, -0.25) is 0 Å². The number of hydrogen-bond acceptors (Lipinski definition) is 3. The van der Waals surface area contributed by atoms with Crippen LogP contribution in [0.25, 0.3) is 0 Å². The Labute approximate surface area is 130 Å². The van der Waals surface area contributed by atoms with Gasteiger partial charge in [-0.15, -0.1) is 0 Å². The molecule has 6 heteroatoms. The van der Waals surface area contributed by atoms with Crippen LogP contribution in [-0.2, 0) is 6.54 Å². The van der Waals surface area contributed by atoms with Crippen LogP contribution in [0.15, 0.2) is 46.9 Å². The van der Waals surface area contributed by atoms with Crippen molar-refractivity contribution in [2.24, 2.45) is 0 Å². The third-order valence-corrected chi connectivity index (χ3v) is 3.59. The lowest BCUT2D eigenvalue weighted by molar-refractivity contribution is -0.0511. The molecule has 0 aliphatic carbocycles. The van der Waals surface area contributed by atoms with Crippen molar-refractivity contribution in [1.82, 2.24) is 0 Å². The predicted molar refractivity (Wildman–Crippen MR) is 81.1 cm³/mol. The molecule has 0 atom stereocenters. The van der Waals surface area contributed by atoms with E-state index in [2.05, 4.69) is 26.0 Å². The van der Waals surface area contributed by atoms with E-state index < -0.39 is 6.61 Å². The summed E-state index contributed by atoms with van der Waals surface area (Å²) in [5.41, 5.74) is 1.73. The molecular formula is C15H14BrF2NO2. The van der Waals surface area contributed by atoms with Crippen molar-refractivity contribution in [1.29, 1.82) is 0 Å². The Morgan fingerprint density at radius 2 is 1.90 bits per heavy atom. The van der Waals surface area contributed by atoms with Crippen molar-refractivity contribution in [3.8, 4) is 11.5 Å². The first kappa shape index (κ1) is 15.6. The van der Waals surface area contributed by atoms with Crippen molar-refractivity contribution in [2.45, 2.75) is 13.2 Å². The molecule has 21 heavy (non-hydrogen) atoms. The largest absolute Gasteiger partial charge is 0.493 e. The van der Waals surface area contributed by atoms with Crippen molar-refractivity contribution in [2.75, 3.05) is 12.4 Å². The van der Waals surface area contributed by atoms with Gasteiger partial charge < -0.3 is 14.8 Å². The van der Waals surface area contributed by atoms with E-state index in [0.717, 1.165) is 10.0 Å². The second-order valence-corrected chi connectivity index (χ2v) is 5.04. The number of benzene rings is 2. The second kappa shape index (κ2) is 7.26. The van der Waals surface area contributed by atoms with Gasteiger partial charge in [0.15, 0.2) is 11.5 Å². The predicted octanol–water partition coefficient (Wildman–Crippen LogP) is 4.67. The smallest absolute Gasteiger partial charge is 0.387 e. The molecule has 3 nitrogen and oxygen atoms in total. The lowest BCUT2D eigenvalue weighted by atomic mass is 10.2. The molecule has 0 saturated heterocycles. The average molecular weight is 358 g/mol. The summed E-state index contributed by atoms with van der Waals surface area (Å²) >= 11 is 3.46. The lowest BCUT2D eigenvalue weighted by Gasteiger charge is -2.13. The zero-order valence-electron chi connectivity index (χ0n) is 11.3. The van der Waals surface area contributed by atoms with E-state index in [9.17, 15) is 8.78 Å². The van der Waals surface area contributed by atoms with E-state index in [-0.39, 0.29) is 11.5 Å². The monoisotopic (exact) mass is 357 g/mol. The number of anilines is 1. The molecule has 2 aromatic rings. The van der Waals surface area contributed by atoms with Gasteiger partial charge in [0, 0.05) is 22.8 Å². The molecule has 0 bridgehead atoms. The van der Waals surface area contributed by atoms with Crippen LogP contribution in [0, 0.1) is 0 Å². The molecule has 0 spiro atoms. The van der Waals surface area contributed by atoms with Gasteiger partial charge in [0.1, 0.15) is 0 Å². The maximum atomic E-state index is 12.4. The highest BCUT2D eigenvalue weighted by Gasteiger charge is 2.11. The zero-order chi connectivity index (χ0) is 15.2. The van der Waals surface area contributed by atoms with Gasteiger partial charge in [-0.05, 0) is 23.8 Å². The number of methoxy groups -OCH3 is 1. The maximum Gasteiger partial charge on any atom is 0.387 e. The number of alkyl halides is 2. The van der Waals surface area contributed by atoms with E-state index in [1.807, 2.05) is 24.3 Å². The summed E-state index contributed by atoms with van der Waals surface area (Å²) in [4.78, 5) is 0. The first-order valence-electron chi connectivity index (χ1n) is 6.20. The molecule has 0 fully saturated rings. The number of rotatable bonds is 6. The van der Waals surface area contributed by atoms with Crippen LogP contribution < -0.4 is 14.8 Å².